The Balaban J connectivity index is 1.82. The summed E-state index contributed by atoms with van der Waals surface area (Å²) in [6.45, 7) is 5.83. The van der Waals surface area contributed by atoms with E-state index in [1.165, 1.54) is 11.3 Å². The summed E-state index contributed by atoms with van der Waals surface area (Å²) in [7, 11) is 0. The second-order valence-electron chi connectivity index (χ2n) is 5.49. The Morgan fingerprint density at radius 1 is 1.41 bits per heavy atom. The van der Waals surface area contributed by atoms with Crippen LogP contribution in [0.1, 0.15) is 18.4 Å². The fourth-order valence-corrected chi connectivity index (χ4v) is 2.90. The standard InChI is InChI=1S/C14H19NO2/c1-11-6-15(7-14(8-16)9-17-10-14)13-5-3-2-4-12(11)13/h2-5,11,16H,6-10H2,1H3. The smallest absolute Gasteiger partial charge is 0.0584 e. The van der Waals surface area contributed by atoms with E-state index in [1.54, 1.807) is 0 Å². The highest BCUT2D eigenvalue weighted by atomic mass is 16.5. The average molecular weight is 233 g/mol. The summed E-state index contributed by atoms with van der Waals surface area (Å²) in [4.78, 5) is 2.40. The van der Waals surface area contributed by atoms with Crippen LogP contribution in [0.2, 0.25) is 0 Å². The summed E-state index contributed by atoms with van der Waals surface area (Å²) in [6, 6.07) is 8.59. The molecule has 1 unspecified atom stereocenters. The van der Waals surface area contributed by atoms with Crippen LogP contribution in [0.15, 0.2) is 24.3 Å². The molecule has 0 radical (unpaired) electrons. The molecule has 17 heavy (non-hydrogen) atoms. The van der Waals surface area contributed by atoms with Gasteiger partial charge < -0.3 is 14.7 Å². The number of nitrogens with zero attached hydrogens (tertiary/aromatic N) is 1. The molecule has 1 N–H and O–H groups in total. The normalized spacial score (nSPS) is 25.5. The molecule has 0 bridgehead atoms. The molecule has 1 fully saturated rings. The van der Waals surface area contributed by atoms with Crippen molar-refractivity contribution in [1.82, 2.24) is 0 Å². The molecule has 0 saturated carbocycles. The van der Waals surface area contributed by atoms with E-state index in [2.05, 4.69) is 36.1 Å². The molecule has 3 rings (SSSR count). The van der Waals surface area contributed by atoms with E-state index in [4.69, 9.17) is 4.74 Å². The zero-order chi connectivity index (χ0) is 11.9. The SMILES string of the molecule is CC1CN(CC2(CO)COC2)c2ccccc21. The molecule has 0 amide bonds. The Morgan fingerprint density at radius 3 is 2.82 bits per heavy atom. The maximum atomic E-state index is 9.50. The summed E-state index contributed by atoms with van der Waals surface area (Å²) in [5, 5.41) is 9.50. The number of rotatable bonds is 3. The lowest BCUT2D eigenvalue weighted by Crippen LogP contribution is -2.53. The number of ether oxygens (including phenoxy) is 1. The van der Waals surface area contributed by atoms with E-state index in [-0.39, 0.29) is 12.0 Å². The zero-order valence-electron chi connectivity index (χ0n) is 10.2. The second-order valence-corrected chi connectivity index (χ2v) is 5.49. The molecule has 1 saturated heterocycles. The molecule has 1 aromatic carbocycles. The van der Waals surface area contributed by atoms with E-state index < -0.39 is 0 Å². The third kappa shape index (κ3) is 1.74. The van der Waals surface area contributed by atoms with Gasteiger partial charge in [-0.1, -0.05) is 25.1 Å². The molecular formula is C14H19NO2. The minimum atomic E-state index is -0.0306. The van der Waals surface area contributed by atoms with Crippen LogP contribution in [0.4, 0.5) is 5.69 Å². The molecule has 1 aromatic rings. The van der Waals surface area contributed by atoms with Gasteiger partial charge in [0.05, 0.1) is 25.2 Å². The minimum absolute atomic E-state index is 0.0306. The Kier molecular flexibility index (Phi) is 2.60. The maximum Gasteiger partial charge on any atom is 0.0584 e. The summed E-state index contributed by atoms with van der Waals surface area (Å²) in [5.41, 5.74) is 2.73. The third-order valence-electron chi connectivity index (χ3n) is 3.98. The van der Waals surface area contributed by atoms with Crippen molar-refractivity contribution >= 4 is 5.69 Å². The van der Waals surface area contributed by atoms with Gasteiger partial charge in [0, 0.05) is 24.7 Å². The van der Waals surface area contributed by atoms with Gasteiger partial charge in [0.15, 0.2) is 0 Å². The lowest BCUT2D eigenvalue weighted by molar-refractivity contribution is -0.130. The van der Waals surface area contributed by atoms with Crippen LogP contribution in [0, 0.1) is 5.41 Å². The summed E-state index contributed by atoms with van der Waals surface area (Å²) in [5.74, 6) is 0.586. The predicted octanol–water partition coefficient (Wildman–Crippen LogP) is 1.62. The van der Waals surface area contributed by atoms with Gasteiger partial charge >= 0.3 is 0 Å². The molecule has 0 aliphatic carbocycles. The monoisotopic (exact) mass is 233 g/mol. The van der Waals surface area contributed by atoms with Gasteiger partial charge in [0.1, 0.15) is 0 Å². The van der Waals surface area contributed by atoms with Crippen molar-refractivity contribution in [3.05, 3.63) is 29.8 Å². The number of benzene rings is 1. The zero-order valence-corrected chi connectivity index (χ0v) is 10.2. The number of para-hydroxylation sites is 1. The summed E-state index contributed by atoms with van der Waals surface area (Å²) in [6.07, 6.45) is 0. The highest BCUT2D eigenvalue weighted by molar-refractivity contribution is 5.60. The van der Waals surface area contributed by atoms with Crippen LogP contribution < -0.4 is 4.90 Å². The molecule has 1 atom stereocenters. The number of hydrogen-bond acceptors (Lipinski definition) is 3. The van der Waals surface area contributed by atoms with E-state index in [9.17, 15) is 5.11 Å². The second kappa shape index (κ2) is 4.00. The Morgan fingerprint density at radius 2 is 2.18 bits per heavy atom. The number of hydrogen-bond donors (Lipinski definition) is 1. The van der Waals surface area contributed by atoms with E-state index in [0.29, 0.717) is 19.1 Å². The van der Waals surface area contributed by atoms with Gasteiger partial charge in [-0.3, -0.25) is 0 Å². The van der Waals surface area contributed by atoms with Crippen molar-refractivity contribution in [1.29, 1.82) is 0 Å². The molecule has 3 nitrogen and oxygen atoms in total. The molecule has 2 heterocycles. The number of anilines is 1. The predicted molar refractivity (Wildman–Crippen MR) is 67.4 cm³/mol. The van der Waals surface area contributed by atoms with Gasteiger partial charge in [0.2, 0.25) is 0 Å². The molecule has 92 valence electrons. The molecule has 0 aromatic heterocycles. The summed E-state index contributed by atoms with van der Waals surface area (Å²) < 4.78 is 5.27. The highest BCUT2D eigenvalue weighted by Crippen LogP contribution is 2.39. The van der Waals surface area contributed by atoms with Crippen LogP contribution in [0.25, 0.3) is 0 Å². The molecule has 0 spiro atoms. The Hall–Kier alpha value is -1.06. The molecule has 2 aliphatic rings. The van der Waals surface area contributed by atoms with Crippen molar-refractivity contribution in [3.8, 4) is 0 Å². The lowest BCUT2D eigenvalue weighted by Gasteiger charge is -2.43. The number of aliphatic hydroxyl groups excluding tert-OH is 1. The van der Waals surface area contributed by atoms with Crippen LogP contribution in [-0.2, 0) is 4.74 Å². The quantitative estimate of drug-likeness (QED) is 0.861. The van der Waals surface area contributed by atoms with Crippen molar-refractivity contribution in [3.63, 3.8) is 0 Å². The third-order valence-corrected chi connectivity index (χ3v) is 3.98. The van der Waals surface area contributed by atoms with Crippen LogP contribution in [0.5, 0.6) is 0 Å². The average Bonchev–Trinajstić information content (AvgIpc) is 2.62. The first-order chi connectivity index (χ1) is 8.24. The molecule has 2 aliphatic heterocycles. The van der Waals surface area contributed by atoms with Crippen LogP contribution in [-0.4, -0.2) is 38.0 Å². The lowest BCUT2D eigenvalue weighted by atomic mass is 9.86. The number of aliphatic hydroxyl groups is 1. The largest absolute Gasteiger partial charge is 0.396 e. The first-order valence-corrected chi connectivity index (χ1v) is 6.27. The fraction of sp³-hybridized carbons (Fsp3) is 0.571. The van der Waals surface area contributed by atoms with Crippen molar-refractivity contribution < 1.29 is 9.84 Å². The maximum absolute atomic E-state index is 9.50. The van der Waals surface area contributed by atoms with Crippen LogP contribution >= 0.6 is 0 Å². The number of fused-ring (bicyclic) bond motifs is 1. The van der Waals surface area contributed by atoms with Crippen molar-refractivity contribution in [2.75, 3.05) is 37.8 Å². The van der Waals surface area contributed by atoms with Gasteiger partial charge in [-0.2, -0.15) is 0 Å². The van der Waals surface area contributed by atoms with Gasteiger partial charge in [-0.25, -0.2) is 0 Å². The molecule has 3 heteroatoms. The Bertz CT molecular complexity index is 409. The van der Waals surface area contributed by atoms with E-state index in [1.807, 2.05) is 0 Å². The first-order valence-electron chi connectivity index (χ1n) is 6.27. The molecular weight excluding hydrogens is 214 g/mol. The fourth-order valence-electron chi connectivity index (χ4n) is 2.90. The van der Waals surface area contributed by atoms with Gasteiger partial charge in [0.25, 0.3) is 0 Å². The highest BCUT2D eigenvalue weighted by Gasteiger charge is 2.41. The van der Waals surface area contributed by atoms with Gasteiger partial charge in [-0.05, 0) is 11.6 Å². The van der Waals surface area contributed by atoms with E-state index in [0.717, 1.165) is 13.1 Å². The summed E-state index contributed by atoms with van der Waals surface area (Å²) >= 11 is 0. The Labute approximate surface area is 102 Å². The topological polar surface area (TPSA) is 32.7 Å². The first kappa shape index (κ1) is 11.1. The van der Waals surface area contributed by atoms with Crippen LogP contribution in [0.3, 0.4) is 0 Å². The van der Waals surface area contributed by atoms with Crippen molar-refractivity contribution in [2.24, 2.45) is 5.41 Å². The van der Waals surface area contributed by atoms with Crippen molar-refractivity contribution in [2.45, 2.75) is 12.8 Å². The minimum Gasteiger partial charge on any atom is -0.396 e. The van der Waals surface area contributed by atoms with E-state index >= 15 is 0 Å². The van der Waals surface area contributed by atoms with Gasteiger partial charge in [-0.15, -0.1) is 0 Å².